The van der Waals surface area contributed by atoms with Gasteiger partial charge in [0.2, 0.25) is 5.91 Å². The van der Waals surface area contributed by atoms with E-state index in [4.69, 9.17) is 4.43 Å². The topological polar surface area (TPSA) is 58.6 Å². The minimum absolute atomic E-state index is 0.0506. The van der Waals surface area contributed by atoms with Crippen molar-refractivity contribution in [1.29, 1.82) is 0 Å². The first kappa shape index (κ1) is 34.6. The predicted molar refractivity (Wildman–Crippen MR) is 160 cm³/mol. The van der Waals surface area contributed by atoms with Crippen LogP contribution in [-0.2, 0) is 14.0 Å². The molecule has 5 nitrogen and oxygen atoms in total. The Labute approximate surface area is 221 Å². The molecular weight excluding hydrogens is 485 g/mol. The number of carbonyl (C=O) groups excluding carboxylic acids is 2. The van der Waals surface area contributed by atoms with Crippen LogP contribution in [0.2, 0.25) is 54.4 Å². The number of nitrogens with one attached hydrogen (secondary N) is 1. The number of unbranched alkanes of at least 4 members (excludes halogenated alkanes) is 1. The molecule has 208 valence electrons. The molecule has 0 bridgehead atoms. The molecular formula is C27H60N2O3Si3. The van der Waals surface area contributed by atoms with E-state index in [0.717, 1.165) is 12.8 Å². The van der Waals surface area contributed by atoms with Gasteiger partial charge in [0.25, 0.3) is 8.32 Å². The van der Waals surface area contributed by atoms with Crippen LogP contribution in [0.3, 0.4) is 0 Å². The van der Waals surface area contributed by atoms with Crippen LogP contribution in [0.5, 0.6) is 0 Å². The lowest BCUT2D eigenvalue weighted by Gasteiger charge is -2.51. The third-order valence-corrected chi connectivity index (χ3v) is 23.7. The van der Waals surface area contributed by atoms with Gasteiger partial charge in [-0.3, -0.25) is 9.59 Å². The third-order valence-electron chi connectivity index (χ3n) is 9.07. The van der Waals surface area contributed by atoms with Crippen LogP contribution in [-0.4, -0.2) is 53.3 Å². The molecule has 2 unspecified atom stereocenters. The second-order valence-corrected chi connectivity index (χ2v) is 30.0. The number of nitrogens with zero attached hydrogens (tertiary/aromatic N) is 1. The average molecular weight is 545 g/mol. The van der Waals surface area contributed by atoms with Crippen LogP contribution in [0.15, 0.2) is 0 Å². The summed E-state index contributed by atoms with van der Waals surface area (Å²) in [6.07, 6.45) is 2.51. The summed E-state index contributed by atoms with van der Waals surface area (Å²) >= 11 is 0. The smallest absolute Gasteiger partial charge is 0.314 e. The first-order valence-corrected chi connectivity index (χ1v) is 22.4. The Morgan fingerprint density at radius 2 is 1.29 bits per heavy atom. The molecule has 0 saturated heterocycles. The van der Waals surface area contributed by atoms with Gasteiger partial charge in [-0.25, -0.2) is 0 Å². The molecule has 0 saturated carbocycles. The highest BCUT2D eigenvalue weighted by molar-refractivity contribution is 6.80. The van der Waals surface area contributed by atoms with E-state index < -0.39 is 30.8 Å². The highest BCUT2D eigenvalue weighted by atomic mass is 28.4. The molecule has 0 aliphatic heterocycles. The molecule has 0 aromatic heterocycles. The molecule has 0 aliphatic carbocycles. The van der Waals surface area contributed by atoms with Crippen molar-refractivity contribution >= 4 is 36.7 Å². The molecule has 0 aliphatic rings. The van der Waals surface area contributed by atoms with Crippen molar-refractivity contribution in [3.8, 4) is 0 Å². The van der Waals surface area contributed by atoms with E-state index in [1.54, 1.807) is 0 Å². The van der Waals surface area contributed by atoms with Gasteiger partial charge >= 0.3 is 5.97 Å². The summed E-state index contributed by atoms with van der Waals surface area (Å²) in [5.41, 5.74) is 0. The number of amides is 1. The summed E-state index contributed by atoms with van der Waals surface area (Å²) < 4.78 is 8.38. The Kier molecular flexibility index (Phi) is 11.4. The maximum Gasteiger partial charge on any atom is 0.314 e. The summed E-state index contributed by atoms with van der Waals surface area (Å²) in [6, 6.07) is -0.893. The molecule has 8 heteroatoms. The second-order valence-electron chi connectivity index (χ2n) is 15.1. The van der Waals surface area contributed by atoms with Crippen LogP contribution < -0.4 is 4.98 Å². The average Bonchev–Trinajstić information content (AvgIpc) is 2.60. The lowest BCUT2D eigenvalue weighted by molar-refractivity contribution is -0.146. The molecule has 2 atom stereocenters. The zero-order chi connectivity index (χ0) is 28.4. The molecule has 0 spiro atoms. The molecule has 0 aromatic rings. The van der Waals surface area contributed by atoms with Crippen molar-refractivity contribution in [1.82, 2.24) is 9.55 Å². The molecule has 0 radical (unpaired) electrons. The SMILES string of the molecule is CCCCC(C(=O)O[Si](C)(C)C(C)(C)C)N(C(=O)C(C)N[Si](C)(C)C(C)(C)C)[Si](C)(C)C(C)(C)C. The largest absolute Gasteiger partial charge is 0.518 e. The van der Waals surface area contributed by atoms with Gasteiger partial charge in [0.05, 0.1) is 6.04 Å². The van der Waals surface area contributed by atoms with E-state index >= 15 is 0 Å². The molecule has 0 aromatic carbocycles. The van der Waals surface area contributed by atoms with Crippen molar-refractivity contribution in [2.75, 3.05) is 0 Å². The van der Waals surface area contributed by atoms with Crippen molar-refractivity contribution in [2.45, 2.75) is 162 Å². The van der Waals surface area contributed by atoms with Crippen molar-refractivity contribution < 1.29 is 14.0 Å². The van der Waals surface area contributed by atoms with Gasteiger partial charge in [0, 0.05) is 0 Å². The zero-order valence-corrected chi connectivity index (χ0v) is 29.4. The Bertz CT molecular complexity index is 729. The molecule has 0 rings (SSSR count). The second kappa shape index (κ2) is 11.5. The number of carbonyl (C=O) groups is 2. The first-order chi connectivity index (χ1) is 15.2. The Hall–Kier alpha value is -0.449. The summed E-state index contributed by atoms with van der Waals surface area (Å²) in [6.45, 7) is 37.2. The highest BCUT2D eigenvalue weighted by Gasteiger charge is 2.51. The lowest BCUT2D eigenvalue weighted by atomic mass is 10.1. The van der Waals surface area contributed by atoms with Crippen molar-refractivity contribution in [3.63, 3.8) is 0 Å². The van der Waals surface area contributed by atoms with Crippen LogP contribution >= 0.6 is 0 Å². The van der Waals surface area contributed by atoms with E-state index in [0.29, 0.717) is 6.42 Å². The van der Waals surface area contributed by atoms with Gasteiger partial charge in [-0.05, 0) is 41.6 Å². The van der Waals surface area contributed by atoms with E-state index in [-0.39, 0.29) is 33.0 Å². The minimum atomic E-state index is -2.40. The van der Waals surface area contributed by atoms with Gasteiger partial charge in [-0.2, -0.15) is 0 Å². The van der Waals surface area contributed by atoms with Gasteiger partial charge < -0.3 is 14.0 Å². The number of hydrogen-bond donors (Lipinski definition) is 1. The van der Waals surface area contributed by atoms with Crippen LogP contribution in [0.4, 0.5) is 0 Å². The first-order valence-electron chi connectivity index (χ1n) is 13.6. The quantitative estimate of drug-likeness (QED) is 0.284. The lowest BCUT2D eigenvalue weighted by Crippen LogP contribution is -2.68. The Morgan fingerprint density at radius 3 is 1.63 bits per heavy atom. The maximum absolute atomic E-state index is 14.3. The van der Waals surface area contributed by atoms with Crippen molar-refractivity contribution in [3.05, 3.63) is 0 Å². The predicted octanol–water partition coefficient (Wildman–Crippen LogP) is 7.91. The monoisotopic (exact) mass is 544 g/mol. The fourth-order valence-corrected chi connectivity index (χ4v) is 8.50. The molecule has 0 fully saturated rings. The van der Waals surface area contributed by atoms with E-state index in [1.807, 2.05) is 11.5 Å². The molecule has 35 heavy (non-hydrogen) atoms. The standard InChI is InChI=1S/C27H60N2O3Si3/c1-18-19-20-22(24(31)32-35(16,17)27(9,10)11)29(34(14,15)26(6,7)8)23(30)21(2)28-33(12,13)25(3,4)5/h21-22,28H,18-20H2,1-17H3. The van der Waals surface area contributed by atoms with Crippen LogP contribution in [0, 0.1) is 0 Å². The van der Waals surface area contributed by atoms with Gasteiger partial charge in [0.15, 0.2) is 8.24 Å². The summed E-state index contributed by atoms with van der Waals surface area (Å²) in [5.74, 6) is -0.155. The fraction of sp³-hybridized carbons (Fsp3) is 0.926. The van der Waals surface area contributed by atoms with Crippen LogP contribution in [0.25, 0.3) is 0 Å². The molecule has 1 N–H and O–H groups in total. The van der Waals surface area contributed by atoms with Gasteiger partial charge in [-0.15, -0.1) is 0 Å². The summed E-state index contributed by atoms with van der Waals surface area (Å²) in [4.78, 5) is 32.0. The number of rotatable bonds is 10. The van der Waals surface area contributed by atoms with E-state index in [1.165, 1.54) is 0 Å². The highest BCUT2D eigenvalue weighted by Crippen LogP contribution is 2.42. The fourth-order valence-electron chi connectivity index (χ4n) is 3.43. The van der Waals surface area contributed by atoms with E-state index in [9.17, 15) is 9.59 Å². The zero-order valence-electron chi connectivity index (χ0n) is 26.4. The Balaban J connectivity index is 6.64. The minimum Gasteiger partial charge on any atom is -0.518 e. The molecule has 1 amide bonds. The van der Waals surface area contributed by atoms with Crippen molar-refractivity contribution in [2.24, 2.45) is 0 Å². The normalized spacial score (nSPS) is 16.0. The molecule has 0 heterocycles. The van der Waals surface area contributed by atoms with Crippen LogP contribution in [0.1, 0.15) is 95.4 Å². The number of hydrogen-bond acceptors (Lipinski definition) is 4. The summed E-state index contributed by atoms with van der Waals surface area (Å²) in [5, 5.41) is -0.0751. The van der Waals surface area contributed by atoms with Gasteiger partial charge in [0.1, 0.15) is 14.3 Å². The maximum atomic E-state index is 14.3. The Morgan fingerprint density at radius 1 is 0.829 bits per heavy atom. The van der Waals surface area contributed by atoms with Gasteiger partial charge in [-0.1, -0.05) is 108 Å². The third kappa shape index (κ3) is 8.54. The summed E-state index contributed by atoms with van der Waals surface area (Å²) in [7, 11) is -6.65. The van der Waals surface area contributed by atoms with E-state index in [2.05, 4.69) is 114 Å².